The summed E-state index contributed by atoms with van der Waals surface area (Å²) in [5.41, 5.74) is 1.67. The van der Waals surface area contributed by atoms with Gasteiger partial charge in [0.25, 0.3) is 5.91 Å². The number of nitrogens with zero attached hydrogens (tertiary/aromatic N) is 1. The maximum absolute atomic E-state index is 13.0. The Labute approximate surface area is 130 Å². The van der Waals surface area contributed by atoms with E-state index in [0.717, 1.165) is 18.7 Å². The van der Waals surface area contributed by atoms with Gasteiger partial charge in [-0.25, -0.2) is 9.37 Å². The molecule has 1 aromatic heterocycles. The maximum Gasteiger partial charge on any atom is 0.274 e. The first-order valence-corrected chi connectivity index (χ1v) is 7.35. The monoisotopic (exact) mass is 351 g/mol. The number of hydrogen-bond donors (Lipinski definition) is 2. The van der Waals surface area contributed by atoms with E-state index in [0.29, 0.717) is 15.9 Å². The maximum atomic E-state index is 13.0. The number of amides is 1. The normalized spacial score (nSPS) is 10.2. The fourth-order valence-electron chi connectivity index (χ4n) is 1.68. The quantitative estimate of drug-likeness (QED) is 0.853. The molecule has 21 heavy (non-hydrogen) atoms. The van der Waals surface area contributed by atoms with Crippen LogP contribution in [0.15, 0.2) is 41.0 Å². The molecule has 0 aliphatic rings. The molecule has 0 fully saturated rings. The van der Waals surface area contributed by atoms with Gasteiger partial charge in [-0.3, -0.25) is 4.79 Å². The molecule has 110 valence electrons. The van der Waals surface area contributed by atoms with Crippen LogP contribution in [0.2, 0.25) is 0 Å². The van der Waals surface area contributed by atoms with E-state index in [1.165, 1.54) is 18.2 Å². The Morgan fingerprint density at radius 3 is 2.76 bits per heavy atom. The van der Waals surface area contributed by atoms with Crippen LogP contribution in [0.4, 0.5) is 15.8 Å². The van der Waals surface area contributed by atoms with Crippen molar-refractivity contribution in [3.8, 4) is 0 Å². The Balaban J connectivity index is 2.06. The van der Waals surface area contributed by atoms with Crippen molar-refractivity contribution < 1.29 is 9.18 Å². The largest absolute Gasteiger partial charge is 0.384 e. The van der Waals surface area contributed by atoms with Gasteiger partial charge in [-0.05, 0) is 52.7 Å². The molecule has 4 nitrogen and oxygen atoms in total. The molecule has 0 radical (unpaired) electrons. The lowest BCUT2D eigenvalue weighted by atomic mass is 10.2. The lowest BCUT2D eigenvalue weighted by Gasteiger charge is -2.08. The average molecular weight is 352 g/mol. The second-order valence-electron chi connectivity index (χ2n) is 4.44. The zero-order valence-electron chi connectivity index (χ0n) is 11.5. The standard InChI is InChI=1S/C15H15BrFN3O/c1-2-7-18-11-4-6-14(19-9-11)15(21)20-13-5-3-10(17)8-12(13)16/h3-6,8-9,18H,2,7H2,1H3,(H,20,21). The third kappa shape index (κ3) is 4.26. The van der Waals surface area contributed by atoms with Crippen LogP contribution in [-0.4, -0.2) is 17.4 Å². The van der Waals surface area contributed by atoms with Gasteiger partial charge in [-0.1, -0.05) is 6.92 Å². The van der Waals surface area contributed by atoms with Crippen molar-refractivity contribution >= 4 is 33.2 Å². The van der Waals surface area contributed by atoms with Crippen molar-refractivity contribution in [3.63, 3.8) is 0 Å². The molecule has 0 spiro atoms. The first kappa shape index (κ1) is 15.4. The average Bonchev–Trinajstić information content (AvgIpc) is 2.48. The van der Waals surface area contributed by atoms with Crippen LogP contribution < -0.4 is 10.6 Å². The Hall–Kier alpha value is -1.95. The van der Waals surface area contributed by atoms with Gasteiger partial charge in [-0.2, -0.15) is 0 Å². The topological polar surface area (TPSA) is 54.0 Å². The number of aromatic nitrogens is 1. The lowest BCUT2D eigenvalue weighted by molar-refractivity contribution is 0.102. The van der Waals surface area contributed by atoms with E-state index in [1.54, 1.807) is 18.3 Å². The van der Waals surface area contributed by atoms with Crippen molar-refractivity contribution in [3.05, 3.63) is 52.5 Å². The Bertz CT molecular complexity index is 631. The van der Waals surface area contributed by atoms with Crippen molar-refractivity contribution in [1.29, 1.82) is 0 Å². The highest BCUT2D eigenvalue weighted by Crippen LogP contribution is 2.23. The molecule has 6 heteroatoms. The van der Waals surface area contributed by atoms with E-state index >= 15 is 0 Å². The SMILES string of the molecule is CCCNc1ccc(C(=O)Nc2ccc(F)cc2Br)nc1. The third-order valence-electron chi connectivity index (χ3n) is 2.75. The number of carbonyl (C=O) groups excluding carboxylic acids is 1. The van der Waals surface area contributed by atoms with E-state index in [9.17, 15) is 9.18 Å². The minimum absolute atomic E-state index is 0.299. The van der Waals surface area contributed by atoms with E-state index in [1.807, 2.05) is 0 Å². The van der Waals surface area contributed by atoms with Gasteiger partial charge in [0.15, 0.2) is 0 Å². The summed E-state index contributed by atoms with van der Waals surface area (Å²) in [5, 5.41) is 5.86. The molecule has 0 aliphatic carbocycles. The van der Waals surface area contributed by atoms with Gasteiger partial charge in [0, 0.05) is 11.0 Å². The molecule has 2 aromatic rings. The molecule has 0 bridgehead atoms. The number of hydrogen-bond acceptors (Lipinski definition) is 3. The van der Waals surface area contributed by atoms with Crippen LogP contribution in [0.1, 0.15) is 23.8 Å². The molecule has 0 saturated carbocycles. The Morgan fingerprint density at radius 1 is 1.33 bits per heavy atom. The summed E-state index contributed by atoms with van der Waals surface area (Å²) in [6.45, 7) is 2.93. The second kappa shape index (κ2) is 7.17. The van der Waals surface area contributed by atoms with Gasteiger partial charge in [-0.15, -0.1) is 0 Å². The van der Waals surface area contributed by atoms with E-state index in [-0.39, 0.29) is 11.7 Å². The fraction of sp³-hybridized carbons (Fsp3) is 0.200. The molecular weight excluding hydrogens is 337 g/mol. The summed E-state index contributed by atoms with van der Waals surface area (Å²) in [6, 6.07) is 7.52. The number of pyridine rings is 1. The van der Waals surface area contributed by atoms with Crippen LogP contribution in [0.25, 0.3) is 0 Å². The Kier molecular flexibility index (Phi) is 5.27. The smallest absolute Gasteiger partial charge is 0.274 e. The van der Waals surface area contributed by atoms with Gasteiger partial charge in [0.2, 0.25) is 0 Å². The van der Waals surface area contributed by atoms with E-state index in [4.69, 9.17) is 0 Å². The van der Waals surface area contributed by atoms with Crippen molar-refractivity contribution in [2.24, 2.45) is 0 Å². The van der Waals surface area contributed by atoms with Gasteiger partial charge in [0.05, 0.1) is 17.6 Å². The molecule has 0 saturated heterocycles. The Morgan fingerprint density at radius 2 is 2.14 bits per heavy atom. The molecule has 0 unspecified atom stereocenters. The summed E-state index contributed by atoms with van der Waals surface area (Å²) >= 11 is 3.20. The van der Waals surface area contributed by atoms with E-state index in [2.05, 4.69) is 38.5 Å². The number of nitrogens with one attached hydrogen (secondary N) is 2. The number of anilines is 2. The molecule has 0 aliphatic heterocycles. The molecule has 1 heterocycles. The summed E-state index contributed by atoms with van der Waals surface area (Å²) in [4.78, 5) is 16.2. The number of rotatable bonds is 5. The van der Waals surface area contributed by atoms with E-state index < -0.39 is 0 Å². The molecule has 1 aromatic carbocycles. The van der Waals surface area contributed by atoms with Gasteiger partial charge in [0.1, 0.15) is 11.5 Å². The predicted octanol–water partition coefficient (Wildman–Crippen LogP) is 4.06. The highest BCUT2D eigenvalue weighted by atomic mass is 79.9. The van der Waals surface area contributed by atoms with Crippen LogP contribution in [-0.2, 0) is 0 Å². The minimum atomic E-state index is -0.371. The fourth-order valence-corrected chi connectivity index (χ4v) is 2.13. The highest BCUT2D eigenvalue weighted by molar-refractivity contribution is 9.10. The lowest BCUT2D eigenvalue weighted by Crippen LogP contribution is -2.14. The third-order valence-corrected chi connectivity index (χ3v) is 3.41. The number of carbonyl (C=O) groups is 1. The summed E-state index contributed by atoms with van der Waals surface area (Å²) in [6.07, 6.45) is 2.63. The van der Waals surface area contributed by atoms with Crippen LogP contribution in [0.5, 0.6) is 0 Å². The highest BCUT2D eigenvalue weighted by Gasteiger charge is 2.10. The van der Waals surface area contributed by atoms with Crippen LogP contribution in [0, 0.1) is 5.82 Å². The zero-order valence-corrected chi connectivity index (χ0v) is 13.1. The van der Waals surface area contributed by atoms with Crippen molar-refractivity contribution in [1.82, 2.24) is 4.98 Å². The first-order valence-electron chi connectivity index (χ1n) is 6.56. The molecule has 2 N–H and O–H groups in total. The molecule has 2 rings (SSSR count). The van der Waals surface area contributed by atoms with Crippen LogP contribution in [0.3, 0.4) is 0 Å². The van der Waals surface area contributed by atoms with Crippen molar-refractivity contribution in [2.75, 3.05) is 17.2 Å². The van der Waals surface area contributed by atoms with Crippen LogP contribution >= 0.6 is 15.9 Å². The van der Waals surface area contributed by atoms with Gasteiger partial charge < -0.3 is 10.6 Å². The summed E-state index contributed by atoms with van der Waals surface area (Å²) in [5.74, 6) is -0.714. The first-order chi connectivity index (χ1) is 10.1. The molecule has 0 atom stereocenters. The summed E-state index contributed by atoms with van der Waals surface area (Å²) < 4.78 is 13.5. The molecule has 1 amide bonds. The number of benzene rings is 1. The predicted molar refractivity (Wildman–Crippen MR) is 85.1 cm³/mol. The molecular formula is C15H15BrFN3O. The van der Waals surface area contributed by atoms with Gasteiger partial charge >= 0.3 is 0 Å². The second-order valence-corrected chi connectivity index (χ2v) is 5.29. The number of halogens is 2. The zero-order chi connectivity index (χ0) is 15.2. The minimum Gasteiger partial charge on any atom is -0.384 e. The van der Waals surface area contributed by atoms with Crippen molar-refractivity contribution in [2.45, 2.75) is 13.3 Å². The summed E-state index contributed by atoms with van der Waals surface area (Å²) in [7, 11) is 0.